The largest absolute Gasteiger partial charge is 0.383 e. The van der Waals surface area contributed by atoms with Crippen LogP contribution in [0.5, 0.6) is 0 Å². The molecule has 0 bridgehead atoms. The molecule has 1 aromatic carbocycles. The number of benzene rings is 1. The van der Waals surface area contributed by atoms with Crippen molar-refractivity contribution in [3.8, 4) is 5.69 Å². The van der Waals surface area contributed by atoms with E-state index in [2.05, 4.69) is 32.9 Å². The summed E-state index contributed by atoms with van der Waals surface area (Å²) < 4.78 is 6.79. The quantitative estimate of drug-likeness (QED) is 0.451. The van der Waals surface area contributed by atoms with Crippen LogP contribution in [0.3, 0.4) is 0 Å². The summed E-state index contributed by atoms with van der Waals surface area (Å²) in [7, 11) is 2.93. The van der Waals surface area contributed by atoms with E-state index in [1.807, 2.05) is 6.07 Å². The molecular formula is C21H23N5O4. The van der Waals surface area contributed by atoms with Crippen LogP contribution in [0.4, 0.5) is 5.95 Å². The number of pyridine rings is 1. The minimum atomic E-state index is -0.624. The Morgan fingerprint density at radius 2 is 2.07 bits per heavy atom. The molecule has 0 fully saturated rings. The van der Waals surface area contributed by atoms with Crippen molar-refractivity contribution in [1.82, 2.24) is 20.0 Å². The second kappa shape index (κ2) is 8.60. The number of ether oxygens (including phenoxy) is 1. The van der Waals surface area contributed by atoms with Crippen molar-refractivity contribution in [2.75, 3.05) is 32.7 Å². The van der Waals surface area contributed by atoms with E-state index in [0.717, 1.165) is 24.9 Å². The van der Waals surface area contributed by atoms with Crippen molar-refractivity contribution in [2.45, 2.75) is 19.3 Å². The Morgan fingerprint density at radius 1 is 1.23 bits per heavy atom. The third-order valence-electron chi connectivity index (χ3n) is 5.13. The predicted octanol–water partition coefficient (Wildman–Crippen LogP) is 1.62. The smallest absolute Gasteiger partial charge is 0.280 e. The van der Waals surface area contributed by atoms with Crippen LogP contribution in [0.25, 0.3) is 16.7 Å². The van der Waals surface area contributed by atoms with Crippen LogP contribution in [0.15, 0.2) is 35.4 Å². The number of anilines is 1. The van der Waals surface area contributed by atoms with Crippen molar-refractivity contribution >= 4 is 22.9 Å². The SMILES string of the molecule is COCCNc1ncc2c(=O)c(C(=O)NOC)cn(-c3ccc4c(c3)CCC4)c2n1. The first-order chi connectivity index (χ1) is 14.6. The number of carbonyl (C=O) groups is 1. The Balaban J connectivity index is 1.89. The highest BCUT2D eigenvalue weighted by atomic mass is 16.6. The highest BCUT2D eigenvalue weighted by molar-refractivity contribution is 5.96. The minimum Gasteiger partial charge on any atom is -0.383 e. The maximum atomic E-state index is 12.9. The molecule has 0 saturated carbocycles. The number of carbonyl (C=O) groups excluding carboxylic acids is 1. The van der Waals surface area contributed by atoms with E-state index in [-0.39, 0.29) is 10.9 Å². The number of hydrogen-bond acceptors (Lipinski definition) is 7. The number of rotatable bonds is 7. The van der Waals surface area contributed by atoms with E-state index in [4.69, 9.17) is 9.57 Å². The molecule has 4 rings (SSSR count). The molecule has 0 atom stereocenters. The molecule has 156 valence electrons. The van der Waals surface area contributed by atoms with E-state index in [0.29, 0.717) is 24.7 Å². The average molecular weight is 409 g/mol. The molecule has 0 saturated heterocycles. The Morgan fingerprint density at radius 3 is 2.87 bits per heavy atom. The lowest BCUT2D eigenvalue weighted by atomic mass is 10.1. The Kier molecular flexibility index (Phi) is 5.73. The predicted molar refractivity (Wildman–Crippen MR) is 112 cm³/mol. The average Bonchev–Trinajstić information content (AvgIpc) is 3.22. The van der Waals surface area contributed by atoms with Crippen molar-refractivity contribution in [2.24, 2.45) is 0 Å². The summed E-state index contributed by atoms with van der Waals surface area (Å²) in [6.07, 6.45) is 6.14. The highest BCUT2D eigenvalue weighted by Gasteiger charge is 2.19. The normalized spacial score (nSPS) is 12.7. The van der Waals surface area contributed by atoms with Gasteiger partial charge in [0.2, 0.25) is 11.4 Å². The van der Waals surface area contributed by atoms with Gasteiger partial charge in [0.25, 0.3) is 5.91 Å². The fourth-order valence-corrected chi connectivity index (χ4v) is 3.67. The van der Waals surface area contributed by atoms with Gasteiger partial charge in [-0.05, 0) is 42.5 Å². The zero-order valence-corrected chi connectivity index (χ0v) is 16.9. The number of hydrogen-bond donors (Lipinski definition) is 2. The summed E-state index contributed by atoms with van der Waals surface area (Å²) in [5, 5.41) is 3.32. The Labute approximate surface area is 173 Å². The molecule has 30 heavy (non-hydrogen) atoms. The lowest BCUT2D eigenvalue weighted by molar-refractivity contribution is 0.0536. The standard InChI is InChI=1S/C21H23N5O4/c1-29-9-8-22-21-23-11-16-18(27)17(20(28)25-30-2)12-26(19(16)24-21)15-7-6-13-4-3-5-14(13)10-15/h6-7,10-12H,3-5,8-9H2,1-2H3,(H,25,28)(H,22,23,24). The topological polar surface area (TPSA) is 107 Å². The molecule has 1 aliphatic carbocycles. The molecular weight excluding hydrogens is 386 g/mol. The molecule has 0 radical (unpaired) electrons. The molecule has 2 N–H and O–H groups in total. The van der Waals surface area contributed by atoms with Crippen LogP contribution in [-0.2, 0) is 22.4 Å². The molecule has 0 unspecified atom stereocenters. The Bertz CT molecular complexity index is 1160. The molecule has 9 heteroatoms. The van der Waals surface area contributed by atoms with Gasteiger partial charge in [0.15, 0.2) is 5.65 Å². The minimum absolute atomic E-state index is 0.0476. The number of aryl methyl sites for hydroxylation is 2. The maximum Gasteiger partial charge on any atom is 0.280 e. The molecule has 1 amide bonds. The first-order valence-corrected chi connectivity index (χ1v) is 9.73. The summed E-state index contributed by atoms with van der Waals surface area (Å²) in [5.74, 6) is -0.246. The number of amides is 1. The van der Waals surface area contributed by atoms with Gasteiger partial charge in [-0.15, -0.1) is 0 Å². The van der Waals surface area contributed by atoms with Crippen molar-refractivity contribution in [3.63, 3.8) is 0 Å². The van der Waals surface area contributed by atoms with Crippen molar-refractivity contribution in [3.05, 3.63) is 57.5 Å². The number of nitrogens with one attached hydrogen (secondary N) is 2. The van der Waals surface area contributed by atoms with Gasteiger partial charge < -0.3 is 14.6 Å². The molecule has 2 aromatic heterocycles. The first-order valence-electron chi connectivity index (χ1n) is 9.73. The third kappa shape index (κ3) is 3.77. The molecule has 0 aliphatic heterocycles. The fourth-order valence-electron chi connectivity index (χ4n) is 3.67. The number of nitrogens with zero attached hydrogens (tertiary/aromatic N) is 3. The van der Waals surface area contributed by atoms with Gasteiger partial charge in [-0.3, -0.25) is 14.4 Å². The first kappa shape index (κ1) is 20.0. The van der Waals surface area contributed by atoms with Crippen molar-refractivity contribution < 1.29 is 14.4 Å². The van der Waals surface area contributed by atoms with Gasteiger partial charge in [0, 0.05) is 31.7 Å². The number of hydroxylamine groups is 1. The van der Waals surface area contributed by atoms with E-state index >= 15 is 0 Å². The molecule has 9 nitrogen and oxygen atoms in total. The van der Waals surface area contributed by atoms with Crippen LogP contribution in [0, 0.1) is 0 Å². The van der Waals surface area contributed by atoms with Crippen LogP contribution >= 0.6 is 0 Å². The summed E-state index contributed by atoms with van der Waals surface area (Å²) in [6.45, 7) is 1.02. The van der Waals surface area contributed by atoms with Crippen molar-refractivity contribution in [1.29, 1.82) is 0 Å². The molecule has 0 spiro atoms. The number of methoxy groups -OCH3 is 1. The number of fused-ring (bicyclic) bond motifs is 2. The van der Waals surface area contributed by atoms with E-state index in [1.54, 1.807) is 11.7 Å². The third-order valence-corrected chi connectivity index (χ3v) is 5.13. The number of aromatic nitrogens is 3. The lowest BCUT2D eigenvalue weighted by Gasteiger charge is -2.14. The summed E-state index contributed by atoms with van der Waals surface area (Å²) in [4.78, 5) is 38.8. The van der Waals surface area contributed by atoms with Gasteiger partial charge in [-0.25, -0.2) is 10.5 Å². The van der Waals surface area contributed by atoms with E-state index < -0.39 is 11.3 Å². The maximum absolute atomic E-state index is 12.9. The van der Waals surface area contributed by atoms with Crippen LogP contribution in [0.2, 0.25) is 0 Å². The van der Waals surface area contributed by atoms with E-state index in [1.165, 1.54) is 30.6 Å². The van der Waals surface area contributed by atoms with E-state index in [9.17, 15) is 9.59 Å². The summed E-state index contributed by atoms with van der Waals surface area (Å²) >= 11 is 0. The summed E-state index contributed by atoms with van der Waals surface area (Å²) in [6, 6.07) is 6.16. The summed E-state index contributed by atoms with van der Waals surface area (Å²) in [5.41, 5.74) is 5.56. The van der Waals surface area contributed by atoms with Gasteiger partial charge in [0.05, 0.1) is 19.1 Å². The molecule has 1 aliphatic rings. The zero-order chi connectivity index (χ0) is 21.1. The molecule has 3 aromatic rings. The van der Waals surface area contributed by atoms with Gasteiger partial charge in [-0.2, -0.15) is 4.98 Å². The monoisotopic (exact) mass is 409 g/mol. The lowest BCUT2D eigenvalue weighted by Crippen LogP contribution is -2.29. The fraction of sp³-hybridized carbons (Fsp3) is 0.333. The van der Waals surface area contributed by atoms with Crippen LogP contribution in [-0.4, -0.2) is 47.8 Å². The second-order valence-corrected chi connectivity index (χ2v) is 7.03. The highest BCUT2D eigenvalue weighted by Crippen LogP contribution is 2.26. The molecule has 2 heterocycles. The second-order valence-electron chi connectivity index (χ2n) is 7.03. The van der Waals surface area contributed by atoms with Gasteiger partial charge in [0.1, 0.15) is 5.56 Å². The Hall–Kier alpha value is -3.30. The zero-order valence-electron chi connectivity index (χ0n) is 16.9. The van der Waals surface area contributed by atoms with Gasteiger partial charge >= 0.3 is 0 Å². The van der Waals surface area contributed by atoms with Gasteiger partial charge in [-0.1, -0.05) is 6.07 Å². The van der Waals surface area contributed by atoms with Crippen LogP contribution < -0.4 is 16.2 Å². The van der Waals surface area contributed by atoms with Crippen LogP contribution in [0.1, 0.15) is 27.9 Å².